The first-order chi connectivity index (χ1) is 8.20. The minimum atomic E-state index is -0.175. The van der Waals surface area contributed by atoms with Gasteiger partial charge in [0.1, 0.15) is 5.82 Å². The third-order valence-electron chi connectivity index (χ3n) is 2.53. The molecule has 0 aliphatic carbocycles. The van der Waals surface area contributed by atoms with Crippen molar-refractivity contribution in [2.75, 3.05) is 5.88 Å². The van der Waals surface area contributed by atoms with Crippen LogP contribution in [0.5, 0.6) is 0 Å². The fraction of sp³-hybridized carbons (Fsp3) is 0.308. The summed E-state index contributed by atoms with van der Waals surface area (Å²) in [5.74, 6) is 0.483. The molecule has 0 atom stereocenters. The first kappa shape index (κ1) is 12.5. The number of aromatic nitrogens is 1. The van der Waals surface area contributed by atoms with Crippen LogP contribution in [0.1, 0.15) is 17.0 Å². The van der Waals surface area contributed by atoms with Crippen molar-refractivity contribution in [3.63, 3.8) is 0 Å². The van der Waals surface area contributed by atoms with E-state index in [1.54, 1.807) is 24.3 Å². The summed E-state index contributed by atoms with van der Waals surface area (Å²) in [7, 11) is 0. The van der Waals surface area contributed by atoms with E-state index in [4.69, 9.17) is 11.6 Å². The van der Waals surface area contributed by atoms with E-state index in [2.05, 4.69) is 4.98 Å². The van der Waals surface area contributed by atoms with E-state index in [1.807, 2.05) is 11.4 Å². The van der Waals surface area contributed by atoms with Crippen molar-refractivity contribution < 1.29 is 4.39 Å². The van der Waals surface area contributed by atoms with Gasteiger partial charge in [0.05, 0.1) is 10.7 Å². The van der Waals surface area contributed by atoms with Crippen molar-refractivity contribution in [1.29, 1.82) is 0 Å². The Morgan fingerprint density at radius 2 is 2.24 bits per heavy atom. The highest BCUT2D eigenvalue weighted by Gasteiger charge is 2.06. The third kappa shape index (κ3) is 3.05. The molecule has 90 valence electrons. The zero-order valence-corrected chi connectivity index (χ0v) is 11.1. The van der Waals surface area contributed by atoms with Crippen molar-refractivity contribution in [3.05, 3.63) is 40.0 Å². The molecule has 0 unspecified atom stereocenters. The monoisotopic (exact) mass is 269 g/mol. The van der Waals surface area contributed by atoms with Gasteiger partial charge in [-0.2, -0.15) is 0 Å². The Bertz CT molecular complexity index is 510. The molecule has 1 heterocycles. The van der Waals surface area contributed by atoms with Crippen LogP contribution in [0.25, 0.3) is 11.3 Å². The smallest absolute Gasteiger partial charge is 0.126 e. The molecule has 0 radical (unpaired) electrons. The van der Waals surface area contributed by atoms with Crippen LogP contribution in [0.4, 0.5) is 4.39 Å². The van der Waals surface area contributed by atoms with Gasteiger partial charge in [-0.1, -0.05) is 0 Å². The lowest BCUT2D eigenvalue weighted by Crippen LogP contribution is -1.87. The molecule has 0 aliphatic heterocycles. The second-order valence-corrected chi connectivity index (χ2v) is 5.20. The summed E-state index contributed by atoms with van der Waals surface area (Å²) >= 11 is 7.28. The highest BCUT2D eigenvalue weighted by molar-refractivity contribution is 7.09. The zero-order valence-electron chi connectivity index (χ0n) is 9.54. The fourth-order valence-corrected chi connectivity index (χ4v) is 2.56. The molecule has 17 heavy (non-hydrogen) atoms. The average Bonchev–Trinajstić information content (AvgIpc) is 2.79. The van der Waals surface area contributed by atoms with Crippen molar-refractivity contribution in [2.24, 2.45) is 0 Å². The highest BCUT2D eigenvalue weighted by atomic mass is 35.5. The van der Waals surface area contributed by atoms with Gasteiger partial charge in [0.15, 0.2) is 0 Å². The fourth-order valence-electron chi connectivity index (χ4n) is 1.58. The topological polar surface area (TPSA) is 12.9 Å². The van der Waals surface area contributed by atoms with E-state index >= 15 is 0 Å². The molecular weight excluding hydrogens is 257 g/mol. The van der Waals surface area contributed by atoms with Gasteiger partial charge in [-0.15, -0.1) is 22.9 Å². The number of benzene rings is 1. The normalized spacial score (nSPS) is 10.8. The maximum absolute atomic E-state index is 13.2. The zero-order chi connectivity index (χ0) is 12.3. The van der Waals surface area contributed by atoms with Crippen LogP contribution in [0.3, 0.4) is 0 Å². The predicted molar refractivity (Wildman–Crippen MR) is 71.3 cm³/mol. The lowest BCUT2D eigenvalue weighted by molar-refractivity contribution is 0.619. The van der Waals surface area contributed by atoms with E-state index in [0.29, 0.717) is 11.4 Å². The molecule has 1 aromatic carbocycles. The van der Waals surface area contributed by atoms with Gasteiger partial charge in [0.2, 0.25) is 0 Å². The molecule has 2 aromatic rings. The number of hydrogen-bond donors (Lipinski definition) is 0. The highest BCUT2D eigenvalue weighted by Crippen LogP contribution is 2.24. The summed E-state index contributed by atoms with van der Waals surface area (Å²) in [5, 5.41) is 3.10. The summed E-state index contributed by atoms with van der Waals surface area (Å²) in [6, 6.07) is 5.08. The van der Waals surface area contributed by atoms with E-state index in [0.717, 1.165) is 29.1 Å². The van der Waals surface area contributed by atoms with Gasteiger partial charge in [-0.3, -0.25) is 0 Å². The van der Waals surface area contributed by atoms with E-state index in [1.165, 1.54) is 6.07 Å². The number of hydrogen-bond acceptors (Lipinski definition) is 2. The molecule has 0 fully saturated rings. The molecule has 0 amide bonds. The average molecular weight is 270 g/mol. The Labute approximate surface area is 109 Å². The van der Waals surface area contributed by atoms with Crippen LogP contribution < -0.4 is 0 Å². The number of aryl methyl sites for hydroxylation is 2. The molecule has 0 saturated heterocycles. The van der Waals surface area contributed by atoms with Gasteiger partial charge in [-0.25, -0.2) is 9.37 Å². The van der Waals surface area contributed by atoms with Crippen LogP contribution in [-0.2, 0) is 6.42 Å². The lowest BCUT2D eigenvalue weighted by Gasteiger charge is -2.00. The third-order valence-corrected chi connectivity index (χ3v) is 3.71. The number of halogens is 2. The molecule has 4 heteroatoms. The Morgan fingerprint density at radius 1 is 1.41 bits per heavy atom. The molecule has 2 rings (SSSR count). The van der Waals surface area contributed by atoms with Crippen molar-refractivity contribution in [2.45, 2.75) is 19.8 Å². The molecule has 1 nitrogen and oxygen atoms in total. The van der Waals surface area contributed by atoms with Gasteiger partial charge >= 0.3 is 0 Å². The van der Waals surface area contributed by atoms with Gasteiger partial charge in [0.25, 0.3) is 0 Å². The Hall–Kier alpha value is -0.930. The first-order valence-electron chi connectivity index (χ1n) is 5.47. The number of rotatable bonds is 4. The summed E-state index contributed by atoms with van der Waals surface area (Å²) in [6.07, 6.45) is 1.85. The minimum absolute atomic E-state index is 0.175. The SMILES string of the molecule is Cc1cc(-c2csc(CCCCl)n2)ccc1F. The van der Waals surface area contributed by atoms with Crippen LogP contribution in [0.15, 0.2) is 23.6 Å². The van der Waals surface area contributed by atoms with Crippen LogP contribution in [0, 0.1) is 12.7 Å². The Kier molecular flexibility index (Phi) is 4.13. The predicted octanol–water partition coefficient (Wildman–Crippen LogP) is 4.43. The van der Waals surface area contributed by atoms with Crippen LogP contribution in [0.2, 0.25) is 0 Å². The Balaban J connectivity index is 2.21. The van der Waals surface area contributed by atoms with Crippen molar-refractivity contribution in [1.82, 2.24) is 4.98 Å². The molecule has 0 saturated carbocycles. The summed E-state index contributed by atoms with van der Waals surface area (Å²) in [4.78, 5) is 4.53. The standard InChI is InChI=1S/C13H13ClFNS/c1-9-7-10(4-5-11(9)15)12-8-17-13(16-12)3-2-6-14/h4-5,7-8H,2-3,6H2,1H3. The maximum atomic E-state index is 13.2. The molecule has 0 aliphatic rings. The van der Waals surface area contributed by atoms with Gasteiger partial charge < -0.3 is 0 Å². The quantitative estimate of drug-likeness (QED) is 0.749. The van der Waals surface area contributed by atoms with Crippen LogP contribution >= 0.6 is 22.9 Å². The van der Waals surface area contributed by atoms with Crippen LogP contribution in [-0.4, -0.2) is 10.9 Å². The first-order valence-corrected chi connectivity index (χ1v) is 6.89. The maximum Gasteiger partial charge on any atom is 0.126 e. The molecule has 0 bridgehead atoms. The van der Waals surface area contributed by atoms with E-state index < -0.39 is 0 Å². The molecular formula is C13H13ClFNS. The summed E-state index contributed by atoms with van der Waals surface area (Å²) in [5.41, 5.74) is 2.54. The van der Waals surface area contributed by atoms with Gasteiger partial charge in [0, 0.05) is 23.2 Å². The second kappa shape index (κ2) is 5.61. The molecule has 1 aromatic heterocycles. The number of thiazole rings is 1. The van der Waals surface area contributed by atoms with Gasteiger partial charge in [-0.05, 0) is 37.1 Å². The second-order valence-electron chi connectivity index (χ2n) is 3.88. The van der Waals surface area contributed by atoms with E-state index in [9.17, 15) is 4.39 Å². The lowest BCUT2D eigenvalue weighted by atomic mass is 10.1. The van der Waals surface area contributed by atoms with E-state index in [-0.39, 0.29) is 5.82 Å². The minimum Gasteiger partial charge on any atom is -0.241 e. The summed E-state index contributed by atoms with van der Waals surface area (Å²) in [6.45, 7) is 1.76. The number of nitrogens with zero attached hydrogens (tertiary/aromatic N) is 1. The molecule has 0 spiro atoms. The number of alkyl halides is 1. The Morgan fingerprint density at radius 3 is 2.94 bits per heavy atom. The summed E-state index contributed by atoms with van der Waals surface area (Å²) < 4.78 is 13.2. The van der Waals surface area contributed by atoms with Crippen molar-refractivity contribution >= 4 is 22.9 Å². The largest absolute Gasteiger partial charge is 0.241 e. The van der Waals surface area contributed by atoms with Crippen molar-refractivity contribution in [3.8, 4) is 11.3 Å². The molecule has 0 N–H and O–H groups in total.